The van der Waals surface area contributed by atoms with Gasteiger partial charge in [-0.1, -0.05) is 30.3 Å². The average Bonchev–Trinajstić information content (AvgIpc) is 3.10. The van der Waals surface area contributed by atoms with Gasteiger partial charge in [0, 0.05) is 22.4 Å². The van der Waals surface area contributed by atoms with Crippen LogP contribution in [0.5, 0.6) is 5.75 Å². The molecule has 126 valence electrons. The highest BCUT2D eigenvalue weighted by Gasteiger charge is 2.14. The summed E-state index contributed by atoms with van der Waals surface area (Å²) in [5.41, 5.74) is 2.83. The maximum absolute atomic E-state index is 12.2. The van der Waals surface area contributed by atoms with Crippen molar-refractivity contribution < 1.29 is 13.6 Å². The van der Waals surface area contributed by atoms with Crippen LogP contribution >= 0.6 is 0 Å². The van der Waals surface area contributed by atoms with Crippen LogP contribution in [0.4, 0.5) is 0 Å². The molecule has 0 saturated carbocycles. The summed E-state index contributed by atoms with van der Waals surface area (Å²) in [6.07, 6.45) is 1.72. The highest BCUT2D eigenvalue weighted by molar-refractivity contribution is 6.10. The first-order valence-corrected chi connectivity index (χ1v) is 8.26. The van der Waals surface area contributed by atoms with E-state index in [4.69, 9.17) is 13.6 Å². The van der Waals surface area contributed by atoms with E-state index in [1.54, 1.807) is 25.5 Å². The van der Waals surface area contributed by atoms with E-state index in [2.05, 4.69) is 0 Å². The third-order valence-electron chi connectivity index (χ3n) is 4.70. The molecule has 4 nitrogen and oxygen atoms in total. The Bertz CT molecular complexity index is 1340. The summed E-state index contributed by atoms with van der Waals surface area (Å²) < 4.78 is 16.6. The van der Waals surface area contributed by atoms with Crippen molar-refractivity contribution in [2.24, 2.45) is 0 Å². The minimum Gasteiger partial charge on any atom is -0.497 e. The molecule has 5 aromatic rings. The van der Waals surface area contributed by atoms with Crippen LogP contribution < -0.4 is 10.4 Å². The number of hydrogen-bond donors (Lipinski definition) is 0. The van der Waals surface area contributed by atoms with Gasteiger partial charge in [-0.05, 0) is 35.2 Å². The third kappa shape index (κ3) is 2.12. The standard InChI is InChI=1S/C22H14O4/c1-24-14-6-4-5-13(9-14)19-12-25-20-11-21-17(10-18(19)20)15-7-2-3-8-16(15)22(23)26-21/h2-12H,1H3. The van der Waals surface area contributed by atoms with Gasteiger partial charge in [0.2, 0.25) is 0 Å². The summed E-state index contributed by atoms with van der Waals surface area (Å²) >= 11 is 0. The molecular formula is C22H14O4. The Morgan fingerprint density at radius 1 is 0.808 bits per heavy atom. The third-order valence-corrected chi connectivity index (χ3v) is 4.70. The van der Waals surface area contributed by atoms with Crippen LogP contribution in [0.25, 0.3) is 43.8 Å². The van der Waals surface area contributed by atoms with E-state index >= 15 is 0 Å². The molecule has 0 aliphatic rings. The van der Waals surface area contributed by atoms with Gasteiger partial charge in [-0.2, -0.15) is 0 Å². The molecule has 0 unspecified atom stereocenters. The molecule has 5 rings (SSSR count). The zero-order valence-electron chi connectivity index (χ0n) is 14.0. The predicted molar refractivity (Wildman–Crippen MR) is 102 cm³/mol. The molecule has 0 bridgehead atoms. The smallest absolute Gasteiger partial charge is 0.344 e. The Balaban J connectivity index is 1.86. The highest BCUT2D eigenvalue weighted by atomic mass is 16.5. The van der Waals surface area contributed by atoms with Gasteiger partial charge in [0.25, 0.3) is 0 Å². The van der Waals surface area contributed by atoms with E-state index in [1.165, 1.54) is 0 Å². The molecule has 0 radical (unpaired) electrons. The predicted octanol–water partition coefficient (Wildman–Crippen LogP) is 5.37. The number of ether oxygens (including phenoxy) is 1. The Morgan fingerprint density at radius 2 is 1.65 bits per heavy atom. The van der Waals surface area contributed by atoms with E-state index in [-0.39, 0.29) is 5.63 Å². The lowest BCUT2D eigenvalue weighted by atomic mass is 10.0. The molecule has 0 amide bonds. The molecule has 3 aromatic carbocycles. The molecule has 0 N–H and O–H groups in total. The molecule has 0 spiro atoms. The van der Waals surface area contributed by atoms with Crippen LogP contribution in [0.1, 0.15) is 0 Å². The van der Waals surface area contributed by atoms with Crippen LogP contribution in [-0.2, 0) is 0 Å². The minimum absolute atomic E-state index is 0.341. The second kappa shape index (κ2) is 5.49. The molecule has 0 saturated heterocycles. The lowest BCUT2D eigenvalue weighted by molar-refractivity contribution is 0.415. The fourth-order valence-corrected chi connectivity index (χ4v) is 3.41. The van der Waals surface area contributed by atoms with E-state index in [1.807, 2.05) is 48.5 Å². The molecule has 0 fully saturated rings. The van der Waals surface area contributed by atoms with Crippen molar-refractivity contribution in [1.29, 1.82) is 0 Å². The van der Waals surface area contributed by atoms with Gasteiger partial charge in [-0.15, -0.1) is 0 Å². The summed E-state index contributed by atoms with van der Waals surface area (Å²) in [5, 5.41) is 3.30. The first-order chi connectivity index (χ1) is 12.7. The van der Waals surface area contributed by atoms with Gasteiger partial charge >= 0.3 is 5.63 Å². The number of methoxy groups -OCH3 is 1. The summed E-state index contributed by atoms with van der Waals surface area (Å²) in [7, 11) is 1.65. The summed E-state index contributed by atoms with van der Waals surface area (Å²) in [6, 6.07) is 19.1. The monoisotopic (exact) mass is 342 g/mol. The lowest BCUT2D eigenvalue weighted by Gasteiger charge is -2.05. The van der Waals surface area contributed by atoms with Crippen molar-refractivity contribution in [3.63, 3.8) is 0 Å². The lowest BCUT2D eigenvalue weighted by Crippen LogP contribution is -1.99. The van der Waals surface area contributed by atoms with Crippen LogP contribution in [0.3, 0.4) is 0 Å². The van der Waals surface area contributed by atoms with Crippen molar-refractivity contribution in [3.05, 3.63) is 77.3 Å². The molecular weight excluding hydrogens is 328 g/mol. The van der Waals surface area contributed by atoms with Crippen molar-refractivity contribution in [1.82, 2.24) is 0 Å². The SMILES string of the molecule is COc1cccc(-c2coc3cc4oc(=O)c5ccccc5c4cc23)c1. The largest absolute Gasteiger partial charge is 0.497 e. The Kier molecular flexibility index (Phi) is 3.12. The van der Waals surface area contributed by atoms with Crippen molar-refractivity contribution in [2.45, 2.75) is 0 Å². The Labute approximate surface area is 148 Å². The molecule has 0 aliphatic carbocycles. The summed E-state index contributed by atoms with van der Waals surface area (Å²) in [6.45, 7) is 0. The van der Waals surface area contributed by atoms with Crippen molar-refractivity contribution >= 4 is 32.7 Å². The summed E-state index contributed by atoms with van der Waals surface area (Å²) in [4.78, 5) is 12.2. The van der Waals surface area contributed by atoms with Crippen LogP contribution in [-0.4, -0.2) is 7.11 Å². The normalized spacial score (nSPS) is 11.4. The van der Waals surface area contributed by atoms with E-state index in [9.17, 15) is 4.79 Å². The maximum Gasteiger partial charge on any atom is 0.344 e. The molecule has 26 heavy (non-hydrogen) atoms. The van der Waals surface area contributed by atoms with Crippen molar-refractivity contribution in [2.75, 3.05) is 7.11 Å². The molecule has 0 aliphatic heterocycles. The first-order valence-electron chi connectivity index (χ1n) is 8.26. The highest BCUT2D eigenvalue weighted by Crippen LogP contribution is 2.36. The number of rotatable bonds is 2. The van der Waals surface area contributed by atoms with Gasteiger partial charge in [0.15, 0.2) is 0 Å². The number of hydrogen-bond acceptors (Lipinski definition) is 4. The molecule has 2 heterocycles. The van der Waals surface area contributed by atoms with Crippen LogP contribution in [0, 0.1) is 0 Å². The van der Waals surface area contributed by atoms with Gasteiger partial charge < -0.3 is 13.6 Å². The maximum atomic E-state index is 12.2. The first kappa shape index (κ1) is 14.8. The fraction of sp³-hybridized carbons (Fsp3) is 0.0455. The second-order valence-corrected chi connectivity index (χ2v) is 6.16. The minimum atomic E-state index is -0.341. The van der Waals surface area contributed by atoms with Gasteiger partial charge in [0.05, 0.1) is 18.8 Å². The molecule has 2 aromatic heterocycles. The molecule has 0 atom stereocenters. The zero-order valence-corrected chi connectivity index (χ0v) is 14.0. The van der Waals surface area contributed by atoms with Crippen molar-refractivity contribution in [3.8, 4) is 16.9 Å². The molecule has 4 heteroatoms. The topological polar surface area (TPSA) is 52.6 Å². The Morgan fingerprint density at radius 3 is 2.50 bits per heavy atom. The van der Waals surface area contributed by atoms with E-state index in [0.29, 0.717) is 16.6 Å². The number of fused-ring (bicyclic) bond motifs is 4. The van der Waals surface area contributed by atoms with Gasteiger partial charge in [-0.3, -0.25) is 0 Å². The Hall–Kier alpha value is -3.53. The number of benzene rings is 3. The van der Waals surface area contributed by atoms with Crippen LogP contribution in [0.2, 0.25) is 0 Å². The van der Waals surface area contributed by atoms with Gasteiger partial charge in [-0.25, -0.2) is 4.79 Å². The van der Waals surface area contributed by atoms with E-state index < -0.39 is 0 Å². The van der Waals surface area contributed by atoms with E-state index in [0.717, 1.165) is 33.0 Å². The fourth-order valence-electron chi connectivity index (χ4n) is 3.41. The zero-order chi connectivity index (χ0) is 17.7. The van der Waals surface area contributed by atoms with Gasteiger partial charge in [0.1, 0.15) is 16.9 Å². The summed E-state index contributed by atoms with van der Waals surface area (Å²) in [5.74, 6) is 0.786. The quantitative estimate of drug-likeness (QED) is 0.320. The average molecular weight is 342 g/mol. The number of furan rings is 1. The van der Waals surface area contributed by atoms with Crippen LogP contribution in [0.15, 0.2) is 80.6 Å². The second-order valence-electron chi connectivity index (χ2n) is 6.16.